The highest BCUT2D eigenvalue weighted by atomic mass is 32.2. The van der Waals surface area contributed by atoms with Gasteiger partial charge in [-0.3, -0.25) is 4.90 Å². The number of aromatic carboxylic acids is 1. The van der Waals surface area contributed by atoms with Gasteiger partial charge in [0.25, 0.3) is 0 Å². The Balaban J connectivity index is 1.61. The van der Waals surface area contributed by atoms with Crippen LogP contribution in [-0.4, -0.2) is 82.5 Å². The van der Waals surface area contributed by atoms with E-state index in [1.807, 2.05) is 19.2 Å². The summed E-state index contributed by atoms with van der Waals surface area (Å²) in [5, 5.41) is 12.8. The number of carboxylic acids is 1. The summed E-state index contributed by atoms with van der Waals surface area (Å²) >= 11 is 2.80. The summed E-state index contributed by atoms with van der Waals surface area (Å²) in [5.41, 5.74) is 0.494. The normalized spacial score (nSPS) is 14.9. The molecule has 1 saturated heterocycles. The largest absolute Gasteiger partial charge is 0.477 e. The first-order valence-electron chi connectivity index (χ1n) is 9.33. The summed E-state index contributed by atoms with van der Waals surface area (Å²) in [6.45, 7) is 8.93. The first-order chi connectivity index (χ1) is 14.0. The van der Waals surface area contributed by atoms with Crippen LogP contribution in [0.2, 0.25) is 0 Å². The van der Waals surface area contributed by atoms with Gasteiger partial charge in [0.1, 0.15) is 22.3 Å². The monoisotopic (exact) mass is 438 g/mol. The highest BCUT2D eigenvalue weighted by molar-refractivity contribution is 7.98. The third kappa shape index (κ3) is 6.01. The number of piperazine rings is 1. The van der Waals surface area contributed by atoms with Gasteiger partial charge in [0.15, 0.2) is 5.13 Å². The smallest absolute Gasteiger partial charge is 0.347 e. The number of carboxylic acid groups (broad SMARTS) is 1. The highest BCUT2D eigenvalue weighted by Crippen LogP contribution is 2.26. The number of carbonyl (C=O) groups is 1. The molecule has 0 unspecified atom stereocenters. The Morgan fingerprint density at radius 2 is 2.03 bits per heavy atom. The van der Waals surface area contributed by atoms with E-state index in [9.17, 15) is 9.90 Å². The number of rotatable bonds is 9. The fourth-order valence-electron chi connectivity index (χ4n) is 3.07. The molecule has 0 amide bonds. The first-order valence-corrected chi connectivity index (χ1v) is 11.5. The third-order valence-electron chi connectivity index (χ3n) is 4.50. The Morgan fingerprint density at radius 1 is 1.28 bits per heavy atom. The second-order valence-electron chi connectivity index (χ2n) is 6.67. The maximum atomic E-state index is 11.2. The number of thiazole rings is 1. The molecule has 0 bridgehead atoms. The van der Waals surface area contributed by atoms with Crippen LogP contribution >= 0.6 is 23.1 Å². The Labute approximate surface area is 178 Å². The van der Waals surface area contributed by atoms with Gasteiger partial charge >= 0.3 is 5.97 Å². The van der Waals surface area contributed by atoms with Crippen LogP contribution in [0.3, 0.4) is 0 Å². The Kier molecular flexibility index (Phi) is 7.64. The number of aromatic nitrogens is 3. The minimum absolute atomic E-state index is 0.233. The van der Waals surface area contributed by atoms with E-state index in [1.54, 1.807) is 18.7 Å². The van der Waals surface area contributed by atoms with Gasteiger partial charge in [-0.05, 0) is 20.1 Å². The van der Waals surface area contributed by atoms with Crippen LogP contribution in [-0.2, 0) is 4.74 Å². The van der Waals surface area contributed by atoms with Crippen molar-refractivity contribution in [3.05, 3.63) is 22.5 Å². The minimum atomic E-state index is -0.968. The van der Waals surface area contributed by atoms with Crippen LogP contribution < -0.4 is 10.2 Å². The van der Waals surface area contributed by atoms with Gasteiger partial charge in [-0.1, -0.05) is 11.3 Å². The second-order valence-corrected chi connectivity index (χ2v) is 8.48. The van der Waals surface area contributed by atoms with Crippen LogP contribution in [0.15, 0.2) is 6.07 Å². The van der Waals surface area contributed by atoms with Gasteiger partial charge in [0, 0.05) is 38.8 Å². The summed E-state index contributed by atoms with van der Waals surface area (Å²) < 4.78 is 5.55. The molecule has 2 N–H and O–H groups in total. The van der Waals surface area contributed by atoms with Crippen molar-refractivity contribution in [3.8, 4) is 0 Å². The number of nitrogens with one attached hydrogen (secondary N) is 1. The van der Waals surface area contributed by atoms with E-state index >= 15 is 0 Å². The first kappa shape index (κ1) is 21.8. The van der Waals surface area contributed by atoms with E-state index in [2.05, 4.69) is 30.1 Å². The van der Waals surface area contributed by atoms with Crippen LogP contribution in [0.4, 0.5) is 16.8 Å². The molecule has 0 saturated carbocycles. The number of thioether (sulfide) groups is 1. The van der Waals surface area contributed by atoms with Crippen molar-refractivity contribution in [1.82, 2.24) is 19.9 Å². The molecule has 3 rings (SSSR count). The van der Waals surface area contributed by atoms with Crippen LogP contribution in [0.1, 0.15) is 21.2 Å². The third-order valence-corrected chi connectivity index (χ3v) is 5.96. The lowest BCUT2D eigenvalue weighted by Crippen LogP contribution is -2.47. The molecule has 9 nitrogen and oxygen atoms in total. The highest BCUT2D eigenvalue weighted by Gasteiger charge is 2.19. The van der Waals surface area contributed by atoms with Crippen LogP contribution in [0, 0.1) is 13.8 Å². The maximum Gasteiger partial charge on any atom is 0.347 e. The fraction of sp³-hybridized carbons (Fsp3) is 0.556. The predicted octanol–water partition coefficient (Wildman–Crippen LogP) is 2.45. The lowest BCUT2D eigenvalue weighted by Gasteiger charge is -2.35. The number of ether oxygens (including phenoxy) is 1. The summed E-state index contributed by atoms with van der Waals surface area (Å²) in [6.07, 6.45) is 2.03. The van der Waals surface area contributed by atoms with E-state index < -0.39 is 5.97 Å². The van der Waals surface area contributed by atoms with Gasteiger partial charge in [-0.25, -0.2) is 19.7 Å². The zero-order chi connectivity index (χ0) is 20.8. The lowest BCUT2D eigenvalue weighted by molar-refractivity contribution is 0.0701. The van der Waals surface area contributed by atoms with Gasteiger partial charge in [0.2, 0.25) is 0 Å². The van der Waals surface area contributed by atoms with Gasteiger partial charge < -0.3 is 20.1 Å². The molecule has 29 heavy (non-hydrogen) atoms. The number of hydrogen-bond acceptors (Lipinski definition) is 10. The van der Waals surface area contributed by atoms with Gasteiger partial charge in [0.05, 0.1) is 18.2 Å². The molecule has 0 atom stereocenters. The van der Waals surface area contributed by atoms with Crippen molar-refractivity contribution in [3.63, 3.8) is 0 Å². The topological polar surface area (TPSA) is 104 Å². The summed E-state index contributed by atoms with van der Waals surface area (Å²) in [5.74, 6) is 1.91. The molecule has 2 aromatic heterocycles. The average molecular weight is 439 g/mol. The standard InChI is InChI=1S/C18H26N6O3S2/c1-12-16(17(25)26)29-18(19-12)22-14-10-15(21-13(2)20-14)24-6-4-23(5-7-24)8-9-27-11-28-3/h10H,4-9,11H2,1-3H3,(H,25,26)(H,19,20,21,22). The predicted molar refractivity (Wildman–Crippen MR) is 117 cm³/mol. The van der Waals surface area contributed by atoms with E-state index in [0.717, 1.165) is 62.4 Å². The quantitative estimate of drug-likeness (QED) is 0.448. The molecule has 0 aromatic carbocycles. The van der Waals surface area contributed by atoms with Crippen molar-refractivity contribution in [2.24, 2.45) is 0 Å². The minimum Gasteiger partial charge on any atom is -0.477 e. The van der Waals surface area contributed by atoms with Crippen molar-refractivity contribution >= 4 is 45.8 Å². The number of anilines is 3. The molecule has 1 aliphatic heterocycles. The molecular weight excluding hydrogens is 412 g/mol. The second kappa shape index (κ2) is 10.2. The molecule has 0 spiro atoms. The molecule has 1 aliphatic rings. The molecule has 0 radical (unpaired) electrons. The molecule has 0 aliphatic carbocycles. The Bertz CT molecular complexity index is 839. The Hall–Kier alpha value is -1.95. The van der Waals surface area contributed by atoms with E-state index in [0.29, 0.717) is 22.5 Å². The van der Waals surface area contributed by atoms with Crippen LogP contribution in [0.5, 0.6) is 0 Å². The zero-order valence-electron chi connectivity index (χ0n) is 16.8. The van der Waals surface area contributed by atoms with Crippen LogP contribution in [0.25, 0.3) is 0 Å². The van der Waals surface area contributed by atoms with Gasteiger partial charge in [-0.15, -0.1) is 11.8 Å². The molecule has 2 aromatic rings. The molecule has 158 valence electrons. The molecular formula is C18H26N6O3S2. The SMILES string of the molecule is CSCOCCN1CCN(c2cc(Nc3nc(C)c(C(=O)O)s3)nc(C)n2)CC1. The Morgan fingerprint density at radius 3 is 2.69 bits per heavy atom. The van der Waals surface area contributed by atoms with E-state index in [-0.39, 0.29) is 4.88 Å². The van der Waals surface area contributed by atoms with E-state index in [1.165, 1.54) is 0 Å². The molecule has 1 fully saturated rings. The fourth-order valence-corrected chi connectivity index (χ4v) is 4.17. The summed E-state index contributed by atoms with van der Waals surface area (Å²) in [7, 11) is 0. The van der Waals surface area contributed by atoms with Crippen molar-refractivity contribution in [1.29, 1.82) is 0 Å². The maximum absolute atomic E-state index is 11.2. The number of aryl methyl sites for hydroxylation is 2. The van der Waals surface area contributed by atoms with Gasteiger partial charge in [-0.2, -0.15) is 0 Å². The van der Waals surface area contributed by atoms with Crippen molar-refractivity contribution < 1.29 is 14.6 Å². The number of nitrogens with zero attached hydrogens (tertiary/aromatic N) is 5. The number of hydrogen-bond donors (Lipinski definition) is 2. The summed E-state index contributed by atoms with van der Waals surface area (Å²) in [4.78, 5) is 29.4. The molecule has 11 heteroatoms. The van der Waals surface area contributed by atoms with Crippen molar-refractivity contribution in [2.75, 3.05) is 61.7 Å². The zero-order valence-corrected chi connectivity index (χ0v) is 18.5. The average Bonchev–Trinajstić information content (AvgIpc) is 3.05. The summed E-state index contributed by atoms with van der Waals surface area (Å²) in [6, 6.07) is 1.89. The van der Waals surface area contributed by atoms with E-state index in [4.69, 9.17) is 4.74 Å². The molecule has 3 heterocycles. The van der Waals surface area contributed by atoms with Crippen molar-refractivity contribution in [2.45, 2.75) is 13.8 Å². The lowest BCUT2D eigenvalue weighted by atomic mass is 10.3.